The summed E-state index contributed by atoms with van der Waals surface area (Å²) in [6.45, 7) is 7.20. The van der Waals surface area contributed by atoms with Crippen LogP contribution in [0.25, 0.3) is 0 Å². The van der Waals surface area contributed by atoms with Crippen molar-refractivity contribution in [3.8, 4) is 0 Å². The van der Waals surface area contributed by atoms with Gasteiger partial charge in [-0.05, 0) is 12.3 Å². The van der Waals surface area contributed by atoms with Crippen molar-refractivity contribution in [1.82, 2.24) is 5.32 Å². The predicted octanol–water partition coefficient (Wildman–Crippen LogP) is 1.28. The van der Waals surface area contributed by atoms with Crippen LogP contribution in [0.15, 0.2) is 0 Å². The van der Waals surface area contributed by atoms with Crippen LogP contribution in [0.3, 0.4) is 0 Å². The van der Waals surface area contributed by atoms with Crippen molar-refractivity contribution < 1.29 is 23.9 Å². The summed E-state index contributed by atoms with van der Waals surface area (Å²) in [6, 6.07) is -0.959. The number of ether oxygens (including phenoxy) is 2. The first kappa shape index (κ1) is 18.4. The van der Waals surface area contributed by atoms with Crippen LogP contribution in [0.2, 0.25) is 0 Å². The van der Waals surface area contributed by atoms with E-state index in [0.717, 1.165) is 0 Å². The minimum atomic E-state index is -0.959. The van der Waals surface area contributed by atoms with Crippen LogP contribution in [0.5, 0.6) is 0 Å². The Hall–Kier alpha value is -1.59. The second-order valence-electron chi connectivity index (χ2n) is 5.18. The standard InChI is InChI=1S/C14H25NO5/c1-6-10(4)13(17)20-8-11(14(18)19-5)15-12(16)7-9(2)3/h9-11H,6-8H2,1-5H3,(H,15,16)/t10-,11-/m0/s1. The molecular weight excluding hydrogens is 262 g/mol. The van der Waals surface area contributed by atoms with Crippen LogP contribution >= 0.6 is 0 Å². The topological polar surface area (TPSA) is 81.7 Å². The number of amides is 1. The van der Waals surface area contributed by atoms with Crippen molar-refractivity contribution in [1.29, 1.82) is 0 Å². The van der Waals surface area contributed by atoms with E-state index in [4.69, 9.17) is 4.74 Å². The third-order valence-corrected chi connectivity index (χ3v) is 2.82. The SMILES string of the molecule is CC[C@H](C)C(=O)OC[C@H](NC(=O)CC(C)C)C(=O)OC. The highest BCUT2D eigenvalue weighted by atomic mass is 16.5. The first-order chi connectivity index (χ1) is 9.31. The van der Waals surface area contributed by atoms with Gasteiger partial charge in [0, 0.05) is 6.42 Å². The maximum absolute atomic E-state index is 11.7. The summed E-state index contributed by atoms with van der Waals surface area (Å²) in [7, 11) is 1.22. The van der Waals surface area contributed by atoms with Crippen molar-refractivity contribution in [2.75, 3.05) is 13.7 Å². The fourth-order valence-corrected chi connectivity index (χ4v) is 1.41. The molecule has 0 aromatic heterocycles. The Kier molecular flexibility index (Phi) is 8.59. The summed E-state index contributed by atoms with van der Waals surface area (Å²) in [6.07, 6.45) is 0.953. The van der Waals surface area contributed by atoms with Gasteiger partial charge in [-0.15, -0.1) is 0 Å². The Morgan fingerprint density at radius 2 is 1.70 bits per heavy atom. The molecule has 0 heterocycles. The van der Waals surface area contributed by atoms with E-state index in [0.29, 0.717) is 12.8 Å². The van der Waals surface area contributed by atoms with Gasteiger partial charge in [0.2, 0.25) is 5.91 Å². The highest BCUT2D eigenvalue weighted by molar-refractivity contribution is 5.85. The molecule has 0 aliphatic rings. The van der Waals surface area contributed by atoms with Crippen molar-refractivity contribution in [3.05, 3.63) is 0 Å². The molecule has 20 heavy (non-hydrogen) atoms. The Morgan fingerprint density at radius 3 is 2.15 bits per heavy atom. The fourth-order valence-electron chi connectivity index (χ4n) is 1.41. The number of carbonyl (C=O) groups is 3. The first-order valence-electron chi connectivity index (χ1n) is 6.85. The minimum absolute atomic E-state index is 0.177. The summed E-state index contributed by atoms with van der Waals surface area (Å²) >= 11 is 0. The van der Waals surface area contributed by atoms with Gasteiger partial charge < -0.3 is 14.8 Å². The zero-order valence-electron chi connectivity index (χ0n) is 12.9. The lowest BCUT2D eigenvalue weighted by Gasteiger charge is -2.18. The van der Waals surface area contributed by atoms with Gasteiger partial charge in [0.25, 0.3) is 0 Å². The molecule has 0 bridgehead atoms. The van der Waals surface area contributed by atoms with Gasteiger partial charge in [-0.25, -0.2) is 4.79 Å². The van der Waals surface area contributed by atoms with Gasteiger partial charge in [-0.3, -0.25) is 9.59 Å². The second kappa shape index (κ2) is 9.34. The Balaban J connectivity index is 4.47. The van der Waals surface area contributed by atoms with E-state index in [1.54, 1.807) is 6.92 Å². The Bertz CT molecular complexity index is 340. The third-order valence-electron chi connectivity index (χ3n) is 2.82. The maximum atomic E-state index is 11.7. The molecule has 116 valence electrons. The Morgan fingerprint density at radius 1 is 1.10 bits per heavy atom. The summed E-state index contributed by atoms with van der Waals surface area (Å²) < 4.78 is 9.62. The molecule has 1 amide bonds. The lowest BCUT2D eigenvalue weighted by molar-refractivity contribution is -0.154. The van der Waals surface area contributed by atoms with Gasteiger partial charge in [-0.1, -0.05) is 27.7 Å². The normalized spacial score (nSPS) is 13.5. The molecular formula is C14H25NO5. The van der Waals surface area contributed by atoms with Gasteiger partial charge in [0.05, 0.1) is 13.0 Å². The summed E-state index contributed by atoms with van der Waals surface area (Å²) in [5.41, 5.74) is 0. The quantitative estimate of drug-likeness (QED) is 0.680. The van der Waals surface area contributed by atoms with Gasteiger partial charge in [0.15, 0.2) is 6.04 Å². The van der Waals surface area contributed by atoms with Gasteiger partial charge in [0.1, 0.15) is 6.61 Å². The highest BCUT2D eigenvalue weighted by Crippen LogP contribution is 2.05. The number of carbonyl (C=O) groups excluding carboxylic acids is 3. The van der Waals surface area contributed by atoms with Crippen molar-refractivity contribution in [3.63, 3.8) is 0 Å². The smallest absolute Gasteiger partial charge is 0.331 e. The molecule has 0 aliphatic heterocycles. The average molecular weight is 287 g/mol. The Labute approximate surface area is 120 Å². The molecule has 0 radical (unpaired) electrons. The molecule has 0 unspecified atom stereocenters. The molecule has 0 saturated carbocycles. The third kappa shape index (κ3) is 7.11. The monoisotopic (exact) mass is 287 g/mol. The van der Waals surface area contributed by atoms with Crippen LogP contribution in [0.1, 0.15) is 40.5 Å². The molecule has 1 N–H and O–H groups in total. The van der Waals surface area contributed by atoms with Crippen LogP contribution in [-0.2, 0) is 23.9 Å². The van der Waals surface area contributed by atoms with Gasteiger partial charge in [-0.2, -0.15) is 0 Å². The van der Waals surface area contributed by atoms with E-state index in [2.05, 4.69) is 10.1 Å². The van der Waals surface area contributed by atoms with E-state index in [1.807, 2.05) is 20.8 Å². The minimum Gasteiger partial charge on any atom is -0.467 e. The van der Waals surface area contributed by atoms with E-state index in [1.165, 1.54) is 7.11 Å². The van der Waals surface area contributed by atoms with E-state index in [9.17, 15) is 14.4 Å². The van der Waals surface area contributed by atoms with E-state index >= 15 is 0 Å². The zero-order valence-corrected chi connectivity index (χ0v) is 12.9. The van der Waals surface area contributed by atoms with Crippen molar-refractivity contribution in [2.24, 2.45) is 11.8 Å². The fraction of sp³-hybridized carbons (Fsp3) is 0.786. The van der Waals surface area contributed by atoms with Crippen LogP contribution in [0, 0.1) is 11.8 Å². The number of hydrogen-bond acceptors (Lipinski definition) is 5. The lowest BCUT2D eigenvalue weighted by atomic mass is 10.1. The average Bonchev–Trinajstić information content (AvgIpc) is 2.40. The van der Waals surface area contributed by atoms with Crippen LogP contribution in [0.4, 0.5) is 0 Å². The van der Waals surface area contributed by atoms with E-state index < -0.39 is 12.0 Å². The summed E-state index contributed by atoms with van der Waals surface area (Å²) in [5.74, 6) is -1.34. The summed E-state index contributed by atoms with van der Waals surface area (Å²) in [5, 5.41) is 2.52. The first-order valence-corrected chi connectivity index (χ1v) is 6.85. The number of rotatable bonds is 8. The van der Waals surface area contributed by atoms with Crippen molar-refractivity contribution in [2.45, 2.75) is 46.6 Å². The van der Waals surface area contributed by atoms with E-state index in [-0.39, 0.29) is 30.3 Å². The molecule has 6 heteroatoms. The molecule has 0 spiro atoms. The molecule has 2 atom stereocenters. The molecule has 0 aliphatic carbocycles. The second-order valence-corrected chi connectivity index (χ2v) is 5.18. The molecule has 0 rings (SSSR count). The van der Waals surface area contributed by atoms with Crippen molar-refractivity contribution >= 4 is 17.8 Å². The zero-order chi connectivity index (χ0) is 15.7. The summed E-state index contributed by atoms with van der Waals surface area (Å²) in [4.78, 5) is 34.8. The maximum Gasteiger partial charge on any atom is 0.331 e. The lowest BCUT2D eigenvalue weighted by Crippen LogP contribution is -2.45. The molecule has 0 fully saturated rings. The number of nitrogens with one attached hydrogen (secondary N) is 1. The highest BCUT2D eigenvalue weighted by Gasteiger charge is 2.24. The van der Waals surface area contributed by atoms with Crippen LogP contribution in [-0.4, -0.2) is 37.6 Å². The largest absolute Gasteiger partial charge is 0.467 e. The van der Waals surface area contributed by atoms with Crippen LogP contribution < -0.4 is 5.32 Å². The molecule has 0 aromatic rings. The number of methoxy groups -OCH3 is 1. The number of hydrogen-bond donors (Lipinski definition) is 1. The molecule has 6 nitrogen and oxygen atoms in total. The molecule has 0 saturated heterocycles. The number of esters is 2. The predicted molar refractivity (Wildman–Crippen MR) is 73.8 cm³/mol. The van der Waals surface area contributed by atoms with Gasteiger partial charge >= 0.3 is 11.9 Å². The molecule has 0 aromatic carbocycles.